The van der Waals surface area contributed by atoms with Gasteiger partial charge in [-0.3, -0.25) is 10.1 Å². The van der Waals surface area contributed by atoms with Crippen LogP contribution in [0.2, 0.25) is 0 Å². The fourth-order valence-corrected chi connectivity index (χ4v) is 3.66. The third-order valence-electron chi connectivity index (χ3n) is 5.21. The molecule has 0 aliphatic heterocycles. The molecule has 1 N–H and O–H groups in total. The van der Waals surface area contributed by atoms with Crippen LogP contribution < -0.4 is 10.9 Å². The fourth-order valence-electron chi connectivity index (χ4n) is 3.66. The molecule has 5 rings (SSSR count). The molecule has 0 unspecified atom stereocenters. The number of nitrogens with zero attached hydrogens (tertiary/aromatic N) is 1. The minimum atomic E-state index is -0.538. The number of hydrogen-bond donors (Lipinski definition) is 1. The number of benzene rings is 3. The second-order valence-electron chi connectivity index (χ2n) is 7.14. The number of aryl methyl sites for hydroxylation is 1. The number of nitrogens with one attached hydrogen (secondary N) is 1. The van der Waals surface area contributed by atoms with Gasteiger partial charge in [-0.1, -0.05) is 30.3 Å². The summed E-state index contributed by atoms with van der Waals surface area (Å²) in [5.74, 6) is 0.363. The predicted octanol–water partition coefficient (Wildman–Crippen LogP) is 6.17. The van der Waals surface area contributed by atoms with Gasteiger partial charge in [-0.15, -0.1) is 0 Å². The van der Waals surface area contributed by atoms with Crippen LogP contribution in [0, 0.1) is 17.0 Å². The van der Waals surface area contributed by atoms with Crippen molar-refractivity contribution >= 4 is 39.2 Å². The average molecular weight is 412 g/mol. The molecule has 0 amide bonds. The quantitative estimate of drug-likeness (QED) is 0.215. The monoisotopic (exact) mass is 412 g/mol. The van der Waals surface area contributed by atoms with E-state index in [1.165, 1.54) is 12.1 Å². The van der Waals surface area contributed by atoms with E-state index in [0.29, 0.717) is 33.6 Å². The molecule has 0 spiro atoms. The van der Waals surface area contributed by atoms with Crippen molar-refractivity contribution in [2.24, 2.45) is 0 Å². The molecular weight excluding hydrogens is 396 g/mol. The van der Waals surface area contributed by atoms with Gasteiger partial charge >= 0.3 is 5.63 Å². The zero-order valence-corrected chi connectivity index (χ0v) is 16.4. The zero-order chi connectivity index (χ0) is 21.5. The molecule has 0 radical (unpaired) electrons. The molecule has 2 aromatic heterocycles. The smallest absolute Gasteiger partial charge is 0.348 e. The van der Waals surface area contributed by atoms with Crippen LogP contribution >= 0.6 is 0 Å². The molecule has 0 atom stereocenters. The predicted molar refractivity (Wildman–Crippen MR) is 119 cm³/mol. The van der Waals surface area contributed by atoms with Crippen molar-refractivity contribution in [3.63, 3.8) is 0 Å². The number of nitro groups is 1. The second kappa shape index (κ2) is 7.14. The lowest BCUT2D eigenvalue weighted by molar-refractivity contribution is -0.384. The van der Waals surface area contributed by atoms with Crippen molar-refractivity contribution in [1.29, 1.82) is 0 Å². The first-order valence-corrected chi connectivity index (χ1v) is 9.59. The first-order valence-electron chi connectivity index (χ1n) is 9.59. The number of furan rings is 1. The first kappa shape index (κ1) is 18.6. The summed E-state index contributed by atoms with van der Waals surface area (Å²) in [5, 5.41) is 15.3. The van der Waals surface area contributed by atoms with E-state index in [4.69, 9.17) is 8.83 Å². The largest absolute Gasteiger partial charge is 0.439 e. The van der Waals surface area contributed by atoms with Gasteiger partial charge in [0.15, 0.2) is 5.58 Å². The fraction of sp³-hybridized carbons (Fsp3) is 0.0417. The van der Waals surface area contributed by atoms with E-state index >= 15 is 0 Å². The molecule has 0 aliphatic carbocycles. The highest BCUT2D eigenvalue weighted by Crippen LogP contribution is 2.41. The molecule has 31 heavy (non-hydrogen) atoms. The molecule has 0 bridgehead atoms. The number of non-ortho nitro benzene ring substituents is 1. The highest BCUT2D eigenvalue weighted by molar-refractivity contribution is 6.10. The zero-order valence-electron chi connectivity index (χ0n) is 16.4. The van der Waals surface area contributed by atoms with Crippen LogP contribution in [0.1, 0.15) is 5.56 Å². The van der Waals surface area contributed by atoms with Gasteiger partial charge in [-0.05, 0) is 48.4 Å². The molecule has 3 aromatic carbocycles. The van der Waals surface area contributed by atoms with Gasteiger partial charge in [0.1, 0.15) is 11.0 Å². The van der Waals surface area contributed by atoms with Gasteiger partial charge in [0.2, 0.25) is 5.88 Å². The summed E-state index contributed by atoms with van der Waals surface area (Å²) >= 11 is 0. The third kappa shape index (κ3) is 3.12. The molecule has 5 aromatic rings. The summed E-state index contributed by atoms with van der Waals surface area (Å²) < 4.78 is 11.7. The molecule has 0 fully saturated rings. The van der Waals surface area contributed by atoms with Gasteiger partial charge in [0.05, 0.1) is 15.9 Å². The van der Waals surface area contributed by atoms with Crippen molar-refractivity contribution in [3.8, 4) is 11.1 Å². The van der Waals surface area contributed by atoms with E-state index in [1.54, 1.807) is 24.3 Å². The molecule has 0 saturated carbocycles. The Bertz CT molecular complexity index is 1510. The van der Waals surface area contributed by atoms with Crippen LogP contribution in [0.4, 0.5) is 17.3 Å². The first-order chi connectivity index (χ1) is 15.0. The Morgan fingerprint density at radius 3 is 2.35 bits per heavy atom. The van der Waals surface area contributed by atoms with Gasteiger partial charge in [0.25, 0.3) is 5.69 Å². The summed E-state index contributed by atoms with van der Waals surface area (Å²) in [4.78, 5) is 23.5. The Balaban J connectivity index is 1.82. The molecular formula is C24H16N2O5. The Morgan fingerprint density at radius 1 is 0.903 bits per heavy atom. The number of hydrogen-bond acceptors (Lipinski definition) is 6. The summed E-state index contributed by atoms with van der Waals surface area (Å²) in [6, 6.07) is 20.8. The highest BCUT2D eigenvalue weighted by Gasteiger charge is 2.23. The lowest BCUT2D eigenvalue weighted by Gasteiger charge is -2.09. The number of para-hydroxylation sites is 2. The van der Waals surface area contributed by atoms with E-state index in [9.17, 15) is 14.9 Å². The summed E-state index contributed by atoms with van der Waals surface area (Å²) in [6.07, 6.45) is 0. The lowest BCUT2D eigenvalue weighted by Crippen LogP contribution is -2.00. The summed E-state index contributed by atoms with van der Waals surface area (Å²) in [5.41, 5.74) is 3.15. The Kier molecular flexibility index (Phi) is 4.29. The van der Waals surface area contributed by atoms with Gasteiger partial charge in [-0.2, -0.15) is 0 Å². The van der Waals surface area contributed by atoms with Crippen LogP contribution in [-0.4, -0.2) is 4.92 Å². The summed E-state index contributed by atoms with van der Waals surface area (Å²) in [7, 11) is 0. The summed E-state index contributed by atoms with van der Waals surface area (Å²) in [6.45, 7) is 1.96. The molecule has 2 heterocycles. The van der Waals surface area contributed by atoms with Gasteiger partial charge in [0, 0.05) is 17.8 Å². The normalized spacial score (nSPS) is 11.1. The average Bonchev–Trinajstić information content (AvgIpc) is 3.15. The SMILES string of the molecule is Cc1ccccc1Nc1oc2c(c1-c1ccc([N+](=O)[O-])cc1)c(=O)oc1ccccc12. The number of rotatable bonds is 4. The van der Waals surface area contributed by atoms with Crippen LogP contribution in [0.15, 0.2) is 86.4 Å². The van der Waals surface area contributed by atoms with E-state index in [0.717, 1.165) is 11.3 Å². The second-order valence-corrected chi connectivity index (χ2v) is 7.14. The van der Waals surface area contributed by atoms with Crippen LogP contribution in [-0.2, 0) is 0 Å². The third-order valence-corrected chi connectivity index (χ3v) is 5.21. The molecule has 0 saturated heterocycles. The molecule has 152 valence electrons. The maximum Gasteiger partial charge on any atom is 0.348 e. The molecule has 7 nitrogen and oxygen atoms in total. The standard InChI is InChI=1S/C24H16N2O5/c1-14-6-2-4-8-18(14)25-23-20(15-10-12-16(13-11-15)26(28)29)21-22(31-23)17-7-3-5-9-19(17)30-24(21)27/h2-13,25H,1H3. The maximum atomic E-state index is 12.9. The van der Waals surface area contributed by atoms with E-state index in [2.05, 4.69) is 5.32 Å². The van der Waals surface area contributed by atoms with Crippen molar-refractivity contribution in [2.75, 3.05) is 5.32 Å². The number of anilines is 2. The van der Waals surface area contributed by atoms with Crippen LogP contribution in [0.3, 0.4) is 0 Å². The van der Waals surface area contributed by atoms with Crippen molar-refractivity contribution in [3.05, 3.63) is 98.9 Å². The van der Waals surface area contributed by atoms with Crippen molar-refractivity contribution in [2.45, 2.75) is 6.92 Å². The maximum absolute atomic E-state index is 12.9. The lowest BCUT2D eigenvalue weighted by atomic mass is 10.0. The van der Waals surface area contributed by atoms with Gasteiger partial charge < -0.3 is 14.2 Å². The van der Waals surface area contributed by atoms with E-state index in [-0.39, 0.29) is 11.1 Å². The number of nitro benzene ring substituents is 1. The van der Waals surface area contributed by atoms with Crippen molar-refractivity contribution < 1.29 is 13.8 Å². The van der Waals surface area contributed by atoms with Crippen molar-refractivity contribution in [1.82, 2.24) is 0 Å². The minimum Gasteiger partial charge on any atom is -0.439 e. The topological polar surface area (TPSA) is 98.5 Å². The minimum absolute atomic E-state index is 0.0394. The Labute approximate surface area is 175 Å². The Hall–Kier alpha value is -4.39. The molecule has 7 heteroatoms. The van der Waals surface area contributed by atoms with E-state index in [1.807, 2.05) is 43.3 Å². The van der Waals surface area contributed by atoms with E-state index < -0.39 is 10.5 Å². The van der Waals surface area contributed by atoms with Crippen LogP contribution in [0.25, 0.3) is 33.1 Å². The van der Waals surface area contributed by atoms with Crippen LogP contribution in [0.5, 0.6) is 0 Å². The highest BCUT2D eigenvalue weighted by atomic mass is 16.6. The molecule has 0 aliphatic rings. The Morgan fingerprint density at radius 2 is 1.61 bits per heavy atom. The number of fused-ring (bicyclic) bond motifs is 3. The van der Waals surface area contributed by atoms with Gasteiger partial charge in [-0.25, -0.2) is 4.79 Å².